The number of carbonyl (C=O) groups excluding carboxylic acids is 1. The summed E-state index contributed by atoms with van der Waals surface area (Å²) in [6, 6.07) is 9.09. The van der Waals surface area contributed by atoms with Gasteiger partial charge in [-0.25, -0.2) is 0 Å². The van der Waals surface area contributed by atoms with E-state index in [2.05, 4.69) is 5.32 Å². The molecule has 0 saturated heterocycles. The summed E-state index contributed by atoms with van der Waals surface area (Å²) < 4.78 is 12.9. The molecule has 0 fully saturated rings. The number of aryl methyl sites for hydroxylation is 1. The van der Waals surface area contributed by atoms with Crippen LogP contribution in [0, 0.1) is 11.8 Å². The number of rotatable bonds is 11. The van der Waals surface area contributed by atoms with Crippen molar-refractivity contribution in [2.24, 2.45) is 17.6 Å². The summed E-state index contributed by atoms with van der Waals surface area (Å²) in [5, 5.41) is 12.0. The molecule has 0 heterocycles. The van der Waals surface area contributed by atoms with Crippen molar-refractivity contribution in [2.75, 3.05) is 6.16 Å². The van der Waals surface area contributed by atoms with Crippen LogP contribution >= 0.6 is 7.37 Å². The second kappa shape index (κ2) is 10.6. The molecule has 1 aromatic carbocycles. The van der Waals surface area contributed by atoms with Crippen LogP contribution in [-0.2, 0) is 20.6 Å². The van der Waals surface area contributed by atoms with Gasteiger partial charge in [0.25, 0.3) is 0 Å². The molecule has 27 heavy (non-hydrogen) atoms. The standard InChI is InChI=1S/C19H31N2O5P/c1-13(2)18(21-17(22)10-9-15-7-5-4-6-8-15)27(25,26)12-16(19(23)24)11-14(3)20/h4-8,13-14,16,18H,9-12,20H2,1-3H3,(H,21,22)(H,23,24)(H,25,26). The molecule has 1 amide bonds. The number of hydrogen-bond donors (Lipinski definition) is 4. The fraction of sp³-hybridized carbons (Fsp3) is 0.579. The SMILES string of the molecule is CC(N)CC(CP(=O)(O)C(NC(=O)CCc1ccccc1)C(C)C)C(=O)O. The quantitative estimate of drug-likeness (QED) is 0.424. The number of carboxylic acid groups (broad SMARTS) is 1. The van der Waals surface area contributed by atoms with Crippen LogP contribution in [0.25, 0.3) is 0 Å². The van der Waals surface area contributed by atoms with Gasteiger partial charge in [0.05, 0.1) is 5.92 Å². The number of nitrogens with one attached hydrogen (secondary N) is 1. The highest BCUT2D eigenvalue weighted by Gasteiger charge is 2.38. The summed E-state index contributed by atoms with van der Waals surface area (Å²) in [7, 11) is -3.94. The molecule has 1 aromatic rings. The number of benzene rings is 1. The zero-order valence-corrected chi connectivity index (χ0v) is 17.1. The van der Waals surface area contributed by atoms with Crippen LogP contribution in [0.2, 0.25) is 0 Å². The first-order valence-corrected chi connectivity index (χ1v) is 11.1. The van der Waals surface area contributed by atoms with Crippen LogP contribution in [0.5, 0.6) is 0 Å². The van der Waals surface area contributed by atoms with Crippen molar-refractivity contribution in [3.63, 3.8) is 0 Å². The van der Waals surface area contributed by atoms with Crippen molar-refractivity contribution >= 4 is 19.2 Å². The Morgan fingerprint density at radius 3 is 2.26 bits per heavy atom. The molecule has 0 aliphatic rings. The second-order valence-corrected chi connectivity index (χ2v) is 9.86. The molecule has 0 aliphatic carbocycles. The Bertz CT molecular complexity index is 663. The maximum Gasteiger partial charge on any atom is 0.307 e. The number of aliphatic carboxylic acids is 1. The lowest BCUT2D eigenvalue weighted by Gasteiger charge is -2.29. The van der Waals surface area contributed by atoms with E-state index in [0.717, 1.165) is 5.56 Å². The normalized spacial score (nSPS) is 17.0. The Balaban J connectivity index is 2.78. The summed E-state index contributed by atoms with van der Waals surface area (Å²) in [5.74, 6) is -3.81. The van der Waals surface area contributed by atoms with Crippen molar-refractivity contribution in [1.82, 2.24) is 5.32 Å². The van der Waals surface area contributed by atoms with Crippen LogP contribution in [-0.4, -0.2) is 39.9 Å². The number of nitrogens with two attached hydrogens (primary N) is 1. The number of carboxylic acids is 1. The van der Waals surface area contributed by atoms with Crippen LogP contribution in [0.15, 0.2) is 30.3 Å². The molecule has 0 saturated carbocycles. The predicted molar refractivity (Wildman–Crippen MR) is 106 cm³/mol. The minimum absolute atomic E-state index is 0.104. The molecule has 152 valence electrons. The molecule has 0 radical (unpaired) electrons. The smallest absolute Gasteiger partial charge is 0.307 e. The minimum atomic E-state index is -3.94. The van der Waals surface area contributed by atoms with Gasteiger partial charge in [-0.1, -0.05) is 44.2 Å². The largest absolute Gasteiger partial charge is 0.481 e. The zero-order chi connectivity index (χ0) is 20.6. The van der Waals surface area contributed by atoms with Gasteiger partial charge >= 0.3 is 5.97 Å². The third-order valence-electron chi connectivity index (χ3n) is 4.35. The van der Waals surface area contributed by atoms with Gasteiger partial charge in [-0.15, -0.1) is 0 Å². The summed E-state index contributed by atoms with van der Waals surface area (Å²) in [6.45, 7) is 5.11. The van der Waals surface area contributed by atoms with Gasteiger partial charge in [0.15, 0.2) is 0 Å². The maximum absolute atomic E-state index is 12.9. The predicted octanol–water partition coefficient (Wildman–Crippen LogP) is 2.43. The van der Waals surface area contributed by atoms with E-state index in [0.29, 0.717) is 6.42 Å². The van der Waals surface area contributed by atoms with Crippen molar-refractivity contribution < 1.29 is 24.2 Å². The number of carbonyl (C=O) groups is 2. The van der Waals surface area contributed by atoms with Crippen LogP contribution in [0.1, 0.15) is 39.2 Å². The third-order valence-corrected chi connectivity index (χ3v) is 6.90. The van der Waals surface area contributed by atoms with Crippen molar-refractivity contribution in [3.05, 3.63) is 35.9 Å². The van der Waals surface area contributed by atoms with Crippen LogP contribution in [0.3, 0.4) is 0 Å². The Morgan fingerprint density at radius 1 is 1.19 bits per heavy atom. The first-order valence-electron chi connectivity index (χ1n) is 9.16. The Morgan fingerprint density at radius 2 is 1.78 bits per heavy atom. The highest BCUT2D eigenvalue weighted by molar-refractivity contribution is 7.58. The van der Waals surface area contributed by atoms with E-state index in [9.17, 15) is 24.2 Å². The van der Waals surface area contributed by atoms with Crippen molar-refractivity contribution in [1.29, 1.82) is 0 Å². The molecule has 0 spiro atoms. The highest BCUT2D eigenvalue weighted by atomic mass is 31.2. The molecule has 0 aliphatic heterocycles. The van der Waals surface area contributed by atoms with E-state index in [4.69, 9.17) is 5.73 Å². The molecular formula is C19H31N2O5P. The minimum Gasteiger partial charge on any atom is -0.481 e. The summed E-state index contributed by atoms with van der Waals surface area (Å²) >= 11 is 0. The van der Waals surface area contributed by atoms with Gasteiger partial charge in [-0.2, -0.15) is 0 Å². The van der Waals surface area contributed by atoms with E-state index < -0.39 is 37.2 Å². The summed E-state index contributed by atoms with van der Waals surface area (Å²) in [5.41, 5.74) is 6.66. The second-order valence-electron chi connectivity index (χ2n) is 7.43. The van der Waals surface area contributed by atoms with Gasteiger partial charge in [-0.3, -0.25) is 14.2 Å². The summed E-state index contributed by atoms with van der Waals surface area (Å²) in [4.78, 5) is 34.3. The molecule has 0 bridgehead atoms. The highest BCUT2D eigenvalue weighted by Crippen LogP contribution is 2.50. The lowest BCUT2D eigenvalue weighted by atomic mass is 10.0. The van der Waals surface area contributed by atoms with Crippen LogP contribution in [0.4, 0.5) is 0 Å². The van der Waals surface area contributed by atoms with Gasteiger partial charge in [0.2, 0.25) is 13.3 Å². The molecule has 0 aromatic heterocycles. The molecular weight excluding hydrogens is 367 g/mol. The molecule has 4 unspecified atom stereocenters. The lowest BCUT2D eigenvalue weighted by molar-refractivity contribution is -0.141. The Kier molecular flexibility index (Phi) is 9.16. The van der Waals surface area contributed by atoms with E-state index in [1.807, 2.05) is 30.3 Å². The molecule has 1 rings (SSSR count). The monoisotopic (exact) mass is 398 g/mol. The van der Waals surface area contributed by atoms with E-state index >= 15 is 0 Å². The average molecular weight is 398 g/mol. The van der Waals surface area contributed by atoms with Crippen molar-refractivity contribution in [2.45, 2.75) is 51.9 Å². The van der Waals surface area contributed by atoms with Gasteiger partial charge < -0.3 is 21.1 Å². The first kappa shape index (κ1) is 23.3. The lowest BCUT2D eigenvalue weighted by Crippen LogP contribution is -2.40. The van der Waals surface area contributed by atoms with E-state index in [-0.39, 0.29) is 24.7 Å². The van der Waals surface area contributed by atoms with Gasteiger partial charge in [0, 0.05) is 18.6 Å². The van der Waals surface area contributed by atoms with Gasteiger partial charge in [-0.05, 0) is 31.2 Å². The van der Waals surface area contributed by atoms with E-state index in [1.54, 1.807) is 20.8 Å². The zero-order valence-electron chi connectivity index (χ0n) is 16.2. The average Bonchev–Trinajstić information content (AvgIpc) is 2.57. The fourth-order valence-electron chi connectivity index (χ4n) is 3.00. The number of amides is 1. The Labute approximate surface area is 160 Å². The van der Waals surface area contributed by atoms with Gasteiger partial charge in [0.1, 0.15) is 5.78 Å². The maximum atomic E-state index is 12.9. The van der Waals surface area contributed by atoms with Crippen LogP contribution < -0.4 is 11.1 Å². The topological polar surface area (TPSA) is 130 Å². The summed E-state index contributed by atoms with van der Waals surface area (Å²) in [6.07, 6.45) is 0.406. The molecule has 5 N–H and O–H groups in total. The number of hydrogen-bond acceptors (Lipinski definition) is 4. The molecule has 4 atom stereocenters. The van der Waals surface area contributed by atoms with Crippen molar-refractivity contribution in [3.8, 4) is 0 Å². The fourth-order valence-corrected chi connectivity index (χ4v) is 5.45. The van der Waals surface area contributed by atoms with E-state index in [1.165, 1.54) is 0 Å². The molecule has 7 nitrogen and oxygen atoms in total. The third kappa shape index (κ3) is 8.24. The molecule has 8 heteroatoms. The first-order chi connectivity index (χ1) is 12.5. The Hall–Kier alpha value is -1.69.